The van der Waals surface area contributed by atoms with Gasteiger partial charge in [-0.05, 0) is 36.4 Å². The van der Waals surface area contributed by atoms with Crippen LogP contribution >= 0.6 is 12.4 Å². The number of aromatic nitrogens is 3. The van der Waals surface area contributed by atoms with Crippen LogP contribution in [0.3, 0.4) is 0 Å². The Labute approximate surface area is 154 Å². The van der Waals surface area contributed by atoms with Crippen molar-refractivity contribution in [3.8, 4) is 0 Å². The van der Waals surface area contributed by atoms with Crippen molar-refractivity contribution in [3.05, 3.63) is 89.8 Å². The van der Waals surface area contributed by atoms with Gasteiger partial charge in [0.2, 0.25) is 0 Å². The molecular weight excluding hydrogens is 334 g/mol. The molecule has 3 rings (SSSR count). The summed E-state index contributed by atoms with van der Waals surface area (Å²) in [6, 6.07) is 17.9. The lowest BCUT2D eigenvalue weighted by molar-refractivity contribution is 0.238. The van der Waals surface area contributed by atoms with E-state index in [1.807, 2.05) is 67.0 Å². The van der Waals surface area contributed by atoms with Crippen molar-refractivity contribution in [1.29, 1.82) is 0 Å². The Bertz CT molecular complexity index is 711. The third kappa shape index (κ3) is 5.90. The predicted molar refractivity (Wildman–Crippen MR) is 101 cm³/mol. The summed E-state index contributed by atoms with van der Waals surface area (Å²) in [5.41, 5.74) is 9.67. The van der Waals surface area contributed by atoms with Gasteiger partial charge in [-0.1, -0.05) is 18.2 Å². The molecule has 0 fully saturated rings. The maximum absolute atomic E-state index is 5.70. The fourth-order valence-corrected chi connectivity index (χ4v) is 2.57. The highest BCUT2D eigenvalue weighted by molar-refractivity contribution is 5.85. The van der Waals surface area contributed by atoms with Gasteiger partial charge in [0.05, 0.1) is 22.8 Å². The molecule has 5 nitrogen and oxygen atoms in total. The summed E-state index contributed by atoms with van der Waals surface area (Å²) in [5, 5.41) is 0. The van der Waals surface area contributed by atoms with Crippen LogP contribution < -0.4 is 5.73 Å². The molecule has 3 heterocycles. The Morgan fingerprint density at radius 1 is 0.680 bits per heavy atom. The van der Waals surface area contributed by atoms with Crippen molar-refractivity contribution in [3.63, 3.8) is 0 Å². The summed E-state index contributed by atoms with van der Waals surface area (Å²) in [4.78, 5) is 15.8. The number of rotatable bonds is 7. The molecule has 0 spiro atoms. The molecule has 25 heavy (non-hydrogen) atoms. The minimum absolute atomic E-state index is 0. The Hall–Kier alpha value is -2.34. The van der Waals surface area contributed by atoms with Crippen molar-refractivity contribution in [2.75, 3.05) is 0 Å². The van der Waals surface area contributed by atoms with Crippen LogP contribution in [0.1, 0.15) is 22.8 Å². The maximum atomic E-state index is 5.70. The molecule has 0 radical (unpaired) electrons. The molecule has 0 unspecified atom stereocenters. The molecule has 6 heteroatoms. The van der Waals surface area contributed by atoms with Crippen LogP contribution in [0.15, 0.2) is 67.0 Å². The molecule has 0 saturated carbocycles. The van der Waals surface area contributed by atoms with E-state index in [0.717, 1.165) is 42.4 Å². The largest absolute Gasteiger partial charge is 0.325 e. The zero-order valence-corrected chi connectivity index (χ0v) is 14.8. The lowest BCUT2D eigenvalue weighted by Crippen LogP contribution is -2.24. The summed E-state index contributed by atoms with van der Waals surface area (Å²) in [5.74, 6) is 0. The van der Waals surface area contributed by atoms with Gasteiger partial charge in [0.15, 0.2) is 0 Å². The summed E-state index contributed by atoms with van der Waals surface area (Å²) >= 11 is 0. The van der Waals surface area contributed by atoms with E-state index < -0.39 is 0 Å². The van der Waals surface area contributed by atoms with E-state index in [1.54, 1.807) is 0 Å². The predicted octanol–water partition coefficient (Wildman–Crippen LogP) is 2.95. The topological polar surface area (TPSA) is 67.9 Å². The second kappa shape index (κ2) is 9.84. The standard InChI is InChI=1S/C19H21N5.ClH/c20-12-16-8-5-9-19(23-16)15-24(13-17-6-1-3-10-21-17)14-18-7-2-4-11-22-18;/h1-11H,12-15,20H2;1H. The maximum Gasteiger partial charge on any atom is 0.0548 e. The molecule has 0 amide bonds. The van der Waals surface area contributed by atoms with Crippen molar-refractivity contribution >= 4 is 12.4 Å². The van der Waals surface area contributed by atoms with E-state index in [1.165, 1.54) is 0 Å². The van der Waals surface area contributed by atoms with Crippen LogP contribution in [0.4, 0.5) is 0 Å². The number of hydrogen-bond acceptors (Lipinski definition) is 5. The van der Waals surface area contributed by atoms with Gasteiger partial charge >= 0.3 is 0 Å². The monoisotopic (exact) mass is 355 g/mol. The van der Waals surface area contributed by atoms with E-state index in [-0.39, 0.29) is 12.4 Å². The van der Waals surface area contributed by atoms with Crippen molar-refractivity contribution in [1.82, 2.24) is 19.9 Å². The van der Waals surface area contributed by atoms with Crippen LogP contribution in [0.5, 0.6) is 0 Å². The van der Waals surface area contributed by atoms with Gasteiger partial charge < -0.3 is 5.73 Å². The van der Waals surface area contributed by atoms with Crippen molar-refractivity contribution in [2.24, 2.45) is 5.73 Å². The number of pyridine rings is 3. The third-order valence-electron chi connectivity index (χ3n) is 3.68. The van der Waals surface area contributed by atoms with E-state index in [9.17, 15) is 0 Å². The van der Waals surface area contributed by atoms with E-state index in [2.05, 4.69) is 19.9 Å². The minimum Gasteiger partial charge on any atom is -0.325 e. The zero-order valence-electron chi connectivity index (χ0n) is 14.0. The number of halogens is 1. The molecule has 0 aromatic carbocycles. The Morgan fingerprint density at radius 2 is 1.20 bits per heavy atom. The summed E-state index contributed by atoms with van der Waals surface area (Å²) in [6.45, 7) is 2.66. The number of hydrogen-bond donors (Lipinski definition) is 1. The Morgan fingerprint density at radius 3 is 1.72 bits per heavy atom. The van der Waals surface area contributed by atoms with Gasteiger partial charge in [0.1, 0.15) is 0 Å². The van der Waals surface area contributed by atoms with Crippen LogP contribution in [0.2, 0.25) is 0 Å². The molecule has 2 N–H and O–H groups in total. The molecule has 3 aromatic rings. The molecule has 0 saturated heterocycles. The highest BCUT2D eigenvalue weighted by atomic mass is 35.5. The second-order valence-electron chi connectivity index (χ2n) is 5.61. The van der Waals surface area contributed by atoms with Gasteiger partial charge in [-0.25, -0.2) is 0 Å². The Kier molecular flexibility index (Phi) is 7.47. The first-order chi connectivity index (χ1) is 11.8. The highest BCUT2D eigenvalue weighted by Crippen LogP contribution is 2.11. The van der Waals surface area contributed by atoms with Gasteiger partial charge in [0.25, 0.3) is 0 Å². The molecule has 130 valence electrons. The van der Waals surface area contributed by atoms with Gasteiger partial charge in [-0.2, -0.15) is 0 Å². The molecular formula is C19H22ClN5. The normalized spacial score (nSPS) is 10.5. The lowest BCUT2D eigenvalue weighted by atomic mass is 10.2. The fourth-order valence-electron chi connectivity index (χ4n) is 2.57. The fraction of sp³-hybridized carbons (Fsp3) is 0.211. The second-order valence-corrected chi connectivity index (χ2v) is 5.61. The quantitative estimate of drug-likeness (QED) is 0.705. The van der Waals surface area contributed by atoms with E-state index in [0.29, 0.717) is 6.54 Å². The highest BCUT2D eigenvalue weighted by Gasteiger charge is 2.11. The van der Waals surface area contributed by atoms with Crippen LogP contribution in [0, 0.1) is 0 Å². The van der Waals surface area contributed by atoms with E-state index >= 15 is 0 Å². The molecule has 0 bridgehead atoms. The molecule has 0 atom stereocenters. The molecule has 0 aliphatic carbocycles. The first kappa shape index (κ1) is 19.0. The Balaban J connectivity index is 0.00000225. The van der Waals surface area contributed by atoms with Crippen molar-refractivity contribution < 1.29 is 0 Å². The van der Waals surface area contributed by atoms with Crippen LogP contribution in [-0.2, 0) is 26.2 Å². The van der Waals surface area contributed by atoms with E-state index in [4.69, 9.17) is 5.73 Å². The van der Waals surface area contributed by atoms with Gasteiger partial charge in [0, 0.05) is 38.6 Å². The van der Waals surface area contributed by atoms with Crippen molar-refractivity contribution in [2.45, 2.75) is 26.2 Å². The molecule has 0 aliphatic heterocycles. The van der Waals surface area contributed by atoms with Crippen LogP contribution in [0.25, 0.3) is 0 Å². The third-order valence-corrected chi connectivity index (χ3v) is 3.68. The average Bonchev–Trinajstić information content (AvgIpc) is 2.63. The first-order valence-electron chi connectivity index (χ1n) is 8.00. The minimum atomic E-state index is 0. The molecule has 0 aliphatic rings. The summed E-state index contributed by atoms with van der Waals surface area (Å²) < 4.78 is 0. The van der Waals surface area contributed by atoms with Crippen LogP contribution in [-0.4, -0.2) is 19.9 Å². The lowest BCUT2D eigenvalue weighted by Gasteiger charge is -2.21. The van der Waals surface area contributed by atoms with Gasteiger partial charge in [-0.15, -0.1) is 12.4 Å². The summed E-state index contributed by atoms with van der Waals surface area (Å²) in [7, 11) is 0. The average molecular weight is 356 g/mol. The number of nitrogens with two attached hydrogens (primary N) is 1. The molecule has 3 aromatic heterocycles. The summed E-state index contributed by atoms with van der Waals surface area (Å²) in [6.07, 6.45) is 3.64. The number of nitrogens with zero attached hydrogens (tertiary/aromatic N) is 4. The first-order valence-corrected chi connectivity index (χ1v) is 8.00. The smallest absolute Gasteiger partial charge is 0.0548 e. The zero-order chi connectivity index (χ0) is 16.6. The SMILES string of the molecule is Cl.NCc1cccc(CN(Cc2ccccn2)Cc2ccccn2)n1. The van der Waals surface area contributed by atoms with Gasteiger partial charge in [-0.3, -0.25) is 19.9 Å².